The van der Waals surface area contributed by atoms with Crippen LogP contribution in [0.15, 0.2) is 78.9 Å². The average molecular weight is 466 g/mol. The van der Waals surface area contributed by atoms with Crippen molar-refractivity contribution in [1.29, 1.82) is 0 Å². The van der Waals surface area contributed by atoms with E-state index in [9.17, 15) is 4.79 Å². The molecular formula is C26H21Cl2NO3. The molecule has 4 aromatic carbocycles. The first-order valence-corrected chi connectivity index (χ1v) is 10.9. The minimum absolute atomic E-state index is 0.252. The van der Waals surface area contributed by atoms with Crippen molar-refractivity contribution in [3.8, 4) is 11.5 Å². The van der Waals surface area contributed by atoms with Crippen molar-refractivity contribution in [1.82, 2.24) is 0 Å². The molecule has 0 bridgehead atoms. The number of carbonyl (C=O) groups excluding carboxylic acids is 1. The van der Waals surface area contributed by atoms with E-state index in [1.54, 1.807) is 36.4 Å². The number of nitrogens with one attached hydrogen (secondary N) is 1. The Balaban J connectivity index is 1.59. The third-order valence-corrected chi connectivity index (χ3v) is 5.77. The third kappa shape index (κ3) is 4.82. The van der Waals surface area contributed by atoms with E-state index in [0.717, 1.165) is 22.1 Å². The topological polar surface area (TPSA) is 47.6 Å². The van der Waals surface area contributed by atoms with Crippen molar-refractivity contribution in [2.24, 2.45) is 0 Å². The van der Waals surface area contributed by atoms with Gasteiger partial charge < -0.3 is 14.8 Å². The van der Waals surface area contributed by atoms with Gasteiger partial charge in [-0.15, -0.1) is 0 Å². The molecule has 0 fully saturated rings. The first kappa shape index (κ1) is 22.0. The normalized spacial score (nSPS) is 10.7. The second kappa shape index (κ2) is 9.94. The highest BCUT2D eigenvalue weighted by Gasteiger charge is 2.14. The van der Waals surface area contributed by atoms with Crippen LogP contribution in [-0.4, -0.2) is 12.5 Å². The molecule has 0 atom stereocenters. The average Bonchev–Trinajstić information content (AvgIpc) is 2.81. The Hall–Kier alpha value is -3.21. The van der Waals surface area contributed by atoms with E-state index < -0.39 is 0 Å². The highest BCUT2D eigenvalue weighted by molar-refractivity contribution is 6.44. The van der Waals surface area contributed by atoms with Gasteiger partial charge in [0.05, 0.1) is 22.3 Å². The van der Waals surface area contributed by atoms with Crippen LogP contribution in [0, 0.1) is 0 Å². The fraction of sp³-hybridized carbons (Fsp3) is 0.115. The Morgan fingerprint density at radius 3 is 2.50 bits per heavy atom. The van der Waals surface area contributed by atoms with E-state index in [1.165, 1.54) is 0 Å². The molecule has 6 heteroatoms. The van der Waals surface area contributed by atoms with Crippen molar-refractivity contribution < 1.29 is 14.3 Å². The maximum Gasteiger partial charge on any atom is 0.255 e. The molecule has 0 spiro atoms. The van der Waals surface area contributed by atoms with Crippen molar-refractivity contribution in [3.63, 3.8) is 0 Å². The first-order chi connectivity index (χ1) is 15.6. The summed E-state index contributed by atoms with van der Waals surface area (Å²) < 4.78 is 11.9. The molecule has 0 aromatic heterocycles. The molecule has 4 nitrogen and oxygen atoms in total. The molecule has 0 saturated carbocycles. The number of hydrogen-bond acceptors (Lipinski definition) is 3. The predicted octanol–water partition coefficient (Wildman–Crippen LogP) is 7.38. The van der Waals surface area contributed by atoms with Gasteiger partial charge in [0.25, 0.3) is 5.91 Å². The minimum Gasteiger partial charge on any atom is -0.493 e. The van der Waals surface area contributed by atoms with Gasteiger partial charge >= 0.3 is 0 Å². The second-order valence-electron chi connectivity index (χ2n) is 7.08. The number of halogens is 2. The van der Waals surface area contributed by atoms with Gasteiger partial charge in [-0.25, -0.2) is 0 Å². The number of amides is 1. The first-order valence-electron chi connectivity index (χ1n) is 10.2. The number of hydrogen-bond donors (Lipinski definition) is 1. The molecule has 1 amide bonds. The van der Waals surface area contributed by atoms with Gasteiger partial charge in [0, 0.05) is 16.5 Å². The standard InChI is InChI=1S/C26H21Cl2NO3/c1-2-31-23-14-13-18(26(30)29-22-11-6-10-21(27)25(22)28)15-19(23)16-32-24-12-5-8-17-7-3-4-9-20(17)24/h3-15H,2,16H2,1H3,(H,29,30). The van der Waals surface area contributed by atoms with Gasteiger partial charge in [0.2, 0.25) is 0 Å². The van der Waals surface area contributed by atoms with Crippen LogP contribution in [0.5, 0.6) is 11.5 Å². The van der Waals surface area contributed by atoms with Crippen LogP contribution >= 0.6 is 23.2 Å². The molecule has 1 N–H and O–H groups in total. The van der Waals surface area contributed by atoms with Gasteiger partial charge in [-0.2, -0.15) is 0 Å². The molecule has 4 rings (SSSR count). The van der Waals surface area contributed by atoms with E-state index in [4.69, 9.17) is 32.7 Å². The largest absolute Gasteiger partial charge is 0.493 e. The summed E-state index contributed by atoms with van der Waals surface area (Å²) in [6.45, 7) is 2.67. The molecule has 0 aliphatic carbocycles. The van der Waals surface area contributed by atoms with Crippen LogP contribution in [0.25, 0.3) is 10.8 Å². The predicted molar refractivity (Wildman–Crippen MR) is 130 cm³/mol. The quantitative estimate of drug-likeness (QED) is 0.309. The number of benzene rings is 4. The Kier molecular flexibility index (Phi) is 6.84. The van der Waals surface area contributed by atoms with E-state index in [2.05, 4.69) is 5.32 Å². The molecule has 0 heterocycles. The van der Waals surface area contributed by atoms with E-state index in [1.807, 2.05) is 49.4 Å². The molecular weight excluding hydrogens is 445 g/mol. The van der Waals surface area contributed by atoms with Crippen LogP contribution in [0.3, 0.4) is 0 Å². The zero-order chi connectivity index (χ0) is 22.5. The van der Waals surface area contributed by atoms with Crippen LogP contribution in [0.1, 0.15) is 22.8 Å². The van der Waals surface area contributed by atoms with Crippen molar-refractivity contribution in [2.75, 3.05) is 11.9 Å². The molecule has 0 saturated heterocycles. The SMILES string of the molecule is CCOc1ccc(C(=O)Nc2cccc(Cl)c2Cl)cc1COc1cccc2ccccc12. The highest BCUT2D eigenvalue weighted by Crippen LogP contribution is 2.31. The number of ether oxygens (including phenoxy) is 2. The van der Waals surface area contributed by atoms with Crippen molar-refractivity contribution in [2.45, 2.75) is 13.5 Å². The smallest absolute Gasteiger partial charge is 0.255 e. The number of rotatable bonds is 7. The molecule has 0 aliphatic rings. The van der Waals surface area contributed by atoms with E-state index >= 15 is 0 Å². The fourth-order valence-corrected chi connectivity index (χ4v) is 3.75. The van der Waals surface area contributed by atoms with Gasteiger partial charge in [-0.05, 0) is 48.7 Å². The Morgan fingerprint density at radius 1 is 0.875 bits per heavy atom. The van der Waals surface area contributed by atoms with Gasteiger partial charge in [-0.1, -0.05) is 65.7 Å². The maximum absolute atomic E-state index is 12.9. The summed E-state index contributed by atoms with van der Waals surface area (Å²) in [7, 11) is 0. The van der Waals surface area contributed by atoms with Crippen molar-refractivity contribution in [3.05, 3.63) is 100 Å². The third-order valence-electron chi connectivity index (χ3n) is 4.96. The van der Waals surface area contributed by atoms with E-state index in [0.29, 0.717) is 33.7 Å². The van der Waals surface area contributed by atoms with Gasteiger partial charge in [-0.3, -0.25) is 4.79 Å². The summed E-state index contributed by atoms with van der Waals surface area (Å²) in [5.74, 6) is 1.14. The molecule has 0 unspecified atom stereocenters. The zero-order valence-corrected chi connectivity index (χ0v) is 18.9. The van der Waals surface area contributed by atoms with E-state index in [-0.39, 0.29) is 12.5 Å². The summed E-state index contributed by atoms with van der Waals surface area (Å²) in [5, 5.41) is 5.61. The molecule has 0 aliphatic heterocycles. The molecule has 0 radical (unpaired) electrons. The minimum atomic E-state index is -0.302. The summed E-state index contributed by atoms with van der Waals surface area (Å²) in [6, 6.07) is 24.3. The molecule has 4 aromatic rings. The van der Waals surface area contributed by atoms with Crippen molar-refractivity contribution >= 4 is 45.6 Å². The molecule has 162 valence electrons. The maximum atomic E-state index is 12.9. The Labute approximate surface area is 196 Å². The van der Waals surface area contributed by atoms with Crippen LogP contribution in [-0.2, 0) is 6.61 Å². The fourth-order valence-electron chi connectivity index (χ4n) is 3.40. The summed E-state index contributed by atoms with van der Waals surface area (Å²) in [5.41, 5.74) is 1.68. The monoisotopic (exact) mass is 465 g/mol. The number of carbonyl (C=O) groups is 1. The lowest BCUT2D eigenvalue weighted by atomic mass is 10.1. The Morgan fingerprint density at radius 2 is 1.66 bits per heavy atom. The summed E-state index contributed by atoms with van der Waals surface area (Å²) in [6.07, 6.45) is 0. The van der Waals surface area contributed by atoms with Gasteiger partial charge in [0.1, 0.15) is 18.1 Å². The molecule has 32 heavy (non-hydrogen) atoms. The zero-order valence-electron chi connectivity index (χ0n) is 17.4. The lowest BCUT2D eigenvalue weighted by Gasteiger charge is -2.15. The second-order valence-corrected chi connectivity index (χ2v) is 7.86. The summed E-state index contributed by atoms with van der Waals surface area (Å²) in [4.78, 5) is 12.9. The summed E-state index contributed by atoms with van der Waals surface area (Å²) >= 11 is 12.2. The van der Waals surface area contributed by atoms with Gasteiger partial charge in [0.15, 0.2) is 0 Å². The van der Waals surface area contributed by atoms with Crippen LogP contribution < -0.4 is 14.8 Å². The number of fused-ring (bicyclic) bond motifs is 1. The number of anilines is 1. The lowest BCUT2D eigenvalue weighted by molar-refractivity contribution is 0.102. The lowest BCUT2D eigenvalue weighted by Crippen LogP contribution is -2.13. The van der Waals surface area contributed by atoms with Crippen LogP contribution in [0.2, 0.25) is 10.0 Å². The van der Waals surface area contributed by atoms with Crippen LogP contribution in [0.4, 0.5) is 5.69 Å². The Bertz CT molecular complexity index is 1270. The highest BCUT2D eigenvalue weighted by atomic mass is 35.5.